The van der Waals surface area contributed by atoms with Crippen molar-refractivity contribution >= 4 is 22.5 Å². The quantitative estimate of drug-likeness (QED) is 0.434. The lowest BCUT2D eigenvalue weighted by molar-refractivity contribution is 0.102. The molecule has 29 heavy (non-hydrogen) atoms. The Morgan fingerprint density at radius 1 is 0.862 bits per heavy atom. The van der Waals surface area contributed by atoms with Crippen LogP contribution in [0.5, 0.6) is 0 Å². The molecule has 0 aliphatic carbocycles. The molecule has 5 aromatic rings. The Hall–Kier alpha value is -4.26. The van der Waals surface area contributed by atoms with E-state index < -0.39 is 0 Å². The number of aromatic amines is 2. The molecule has 3 N–H and O–H groups in total. The lowest BCUT2D eigenvalue weighted by Gasteiger charge is -2.07. The van der Waals surface area contributed by atoms with Gasteiger partial charge in [0.1, 0.15) is 6.33 Å². The molecule has 0 atom stereocenters. The Labute approximate surface area is 165 Å². The zero-order valence-corrected chi connectivity index (χ0v) is 15.3. The molecular weight excluding hydrogens is 364 g/mol. The summed E-state index contributed by atoms with van der Waals surface area (Å²) in [5.74, 6) is 0.476. The number of benzene rings is 3. The van der Waals surface area contributed by atoms with Crippen LogP contribution in [0.2, 0.25) is 0 Å². The summed E-state index contributed by atoms with van der Waals surface area (Å²) in [5.41, 5.74) is 4.83. The largest absolute Gasteiger partial charge is 0.322 e. The molecule has 0 fully saturated rings. The van der Waals surface area contributed by atoms with Gasteiger partial charge in [-0.25, -0.2) is 4.98 Å². The van der Waals surface area contributed by atoms with Gasteiger partial charge >= 0.3 is 0 Å². The summed E-state index contributed by atoms with van der Waals surface area (Å²) in [4.78, 5) is 16.7. The number of hydrogen-bond donors (Lipinski definition) is 3. The van der Waals surface area contributed by atoms with E-state index in [0.29, 0.717) is 17.1 Å². The van der Waals surface area contributed by atoms with E-state index >= 15 is 0 Å². The Morgan fingerprint density at radius 2 is 1.76 bits per heavy atom. The second-order valence-corrected chi connectivity index (χ2v) is 6.56. The number of aromatic nitrogens is 5. The van der Waals surface area contributed by atoms with Crippen LogP contribution in [0.3, 0.4) is 0 Å². The average molecular weight is 380 g/mol. The first-order valence-corrected chi connectivity index (χ1v) is 9.09. The van der Waals surface area contributed by atoms with Crippen LogP contribution in [0.4, 0.5) is 5.69 Å². The molecule has 0 saturated carbocycles. The number of amides is 1. The van der Waals surface area contributed by atoms with Gasteiger partial charge in [-0.15, -0.1) is 0 Å². The summed E-state index contributed by atoms with van der Waals surface area (Å²) < 4.78 is 0. The summed E-state index contributed by atoms with van der Waals surface area (Å²) in [7, 11) is 0. The predicted molar refractivity (Wildman–Crippen MR) is 111 cm³/mol. The highest BCUT2D eigenvalue weighted by atomic mass is 16.1. The summed E-state index contributed by atoms with van der Waals surface area (Å²) >= 11 is 0. The molecule has 0 radical (unpaired) electrons. The van der Waals surface area contributed by atoms with Crippen molar-refractivity contribution in [3.63, 3.8) is 0 Å². The van der Waals surface area contributed by atoms with Gasteiger partial charge in [0.25, 0.3) is 5.91 Å². The van der Waals surface area contributed by atoms with Crippen LogP contribution in [-0.4, -0.2) is 31.3 Å². The van der Waals surface area contributed by atoms with Gasteiger partial charge in [0.15, 0.2) is 5.82 Å². The van der Waals surface area contributed by atoms with Gasteiger partial charge in [-0.1, -0.05) is 30.3 Å². The topological polar surface area (TPSA) is 99.4 Å². The van der Waals surface area contributed by atoms with Crippen molar-refractivity contribution in [3.8, 4) is 22.6 Å². The minimum absolute atomic E-state index is 0.151. The second kappa shape index (κ2) is 7.05. The lowest BCUT2D eigenvalue weighted by atomic mass is 10.0. The minimum Gasteiger partial charge on any atom is -0.322 e. The van der Waals surface area contributed by atoms with Gasteiger partial charge < -0.3 is 5.32 Å². The van der Waals surface area contributed by atoms with E-state index in [2.05, 4.69) is 30.7 Å². The zero-order valence-electron chi connectivity index (χ0n) is 15.3. The number of anilines is 1. The monoisotopic (exact) mass is 380 g/mol. The molecule has 2 aromatic heterocycles. The van der Waals surface area contributed by atoms with Crippen LogP contribution >= 0.6 is 0 Å². The number of hydrogen-bond acceptors (Lipinski definition) is 4. The molecule has 0 aliphatic rings. The average Bonchev–Trinajstić information content (AvgIpc) is 3.44. The summed E-state index contributed by atoms with van der Waals surface area (Å²) in [6.07, 6.45) is 1.55. The van der Waals surface area contributed by atoms with E-state index in [4.69, 9.17) is 0 Å². The predicted octanol–water partition coefficient (Wildman–Crippen LogP) is 4.27. The van der Waals surface area contributed by atoms with Crippen molar-refractivity contribution in [3.05, 3.63) is 84.7 Å². The molecule has 2 heterocycles. The van der Waals surface area contributed by atoms with Crippen LogP contribution in [0.1, 0.15) is 10.4 Å². The maximum absolute atomic E-state index is 12.5. The fourth-order valence-corrected chi connectivity index (χ4v) is 3.26. The maximum atomic E-state index is 12.5. The van der Waals surface area contributed by atoms with E-state index in [1.165, 1.54) is 0 Å². The third-order valence-corrected chi connectivity index (χ3v) is 4.67. The van der Waals surface area contributed by atoms with Gasteiger partial charge in [-0.2, -0.15) is 10.2 Å². The van der Waals surface area contributed by atoms with E-state index in [1.807, 2.05) is 60.7 Å². The maximum Gasteiger partial charge on any atom is 0.255 e. The number of carbonyl (C=O) groups excluding carboxylic acids is 1. The molecule has 5 rings (SSSR count). The van der Waals surface area contributed by atoms with Crippen molar-refractivity contribution in [1.82, 2.24) is 25.4 Å². The number of fused-ring (bicyclic) bond motifs is 1. The SMILES string of the molecule is O=C(Nc1cccc(-c2n[nH]c3ccc(-c4nc[nH]n4)cc23)c1)c1ccccc1. The van der Waals surface area contributed by atoms with Crippen LogP contribution in [0.15, 0.2) is 79.1 Å². The Morgan fingerprint density at radius 3 is 2.59 bits per heavy atom. The van der Waals surface area contributed by atoms with Gasteiger partial charge in [-0.3, -0.25) is 15.0 Å². The van der Waals surface area contributed by atoms with Crippen LogP contribution < -0.4 is 5.32 Å². The molecule has 7 heteroatoms. The van der Waals surface area contributed by atoms with Crippen LogP contribution in [-0.2, 0) is 0 Å². The summed E-state index contributed by atoms with van der Waals surface area (Å²) in [6.45, 7) is 0. The number of nitrogens with one attached hydrogen (secondary N) is 3. The Balaban J connectivity index is 1.50. The first-order chi connectivity index (χ1) is 14.3. The normalized spacial score (nSPS) is 10.9. The molecule has 0 spiro atoms. The molecule has 0 aliphatic heterocycles. The molecule has 0 bridgehead atoms. The van der Waals surface area contributed by atoms with Crippen LogP contribution in [0, 0.1) is 0 Å². The first kappa shape index (κ1) is 16.9. The van der Waals surface area contributed by atoms with Gasteiger partial charge in [0.2, 0.25) is 0 Å². The number of rotatable bonds is 4. The molecule has 0 unspecified atom stereocenters. The third kappa shape index (κ3) is 3.25. The van der Waals surface area contributed by atoms with Gasteiger partial charge in [0, 0.05) is 27.8 Å². The van der Waals surface area contributed by atoms with E-state index in [1.54, 1.807) is 18.5 Å². The fraction of sp³-hybridized carbons (Fsp3) is 0. The van der Waals surface area contributed by atoms with E-state index in [9.17, 15) is 4.79 Å². The standard InChI is InChI=1S/C22H16N6O/c29-22(14-5-2-1-3-6-14)25-17-8-4-7-15(11-17)20-18-12-16(21-23-13-24-28-21)9-10-19(18)26-27-20/h1-13H,(H,25,29)(H,26,27)(H,23,24,28). The van der Waals surface area contributed by atoms with Crippen molar-refractivity contribution in [2.24, 2.45) is 0 Å². The molecule has 140 valence electrons. The number of H-pyrrole nitrogens is 2. The molecule has 1 amide bonds. The third-order valence-electron chi connectivity index (χ3n) is 4.67. The van der Waals surface area contributed by atoms with E-state index in [-0.39, 0.29) is 5.91 Å². The van der Waals surface area contributed by atoms with Crippen molar-refractivity contribution in [2.75, 3.05) is 5.32 Å². The molecule has 3 aromatic carbocycles. The van der Waals surface area contributed by atoms with E-state index in [0.717, 1.165) is 27.7 Å². The smallest absolute Gasteiger partial charge is 0.255 e. The number of carbonyl (C=O) groups is 1. The Bertz CT molecular complexity index is 1290. The van der Waals surface area contributed by atoms with Gasteiger partial charge in [0.05, 0.1) is 11.2 Å². The first-order valence-electron chi connectivity index (χ1n) is 9.09. The van der Waals surface area contributed by atoms with Gasteiger partial charge in [-0.05, 0) is 42.5 Å². The minimum atomic E-state index is -0.151. The highest BCUT2D eigenvalue weighted by molar-refractivity contribution is 6.04. The fourth-order valence-electron chi connectivity index (χ4n) is 3.26. The molecular formula is C22H16N6O. The summed E-state index contributed by atoms with van der Waals surface area (Å²) in [5, 5.41) is 18.3. The highest BCUT2D eigenvalue weighted by Crippen LogP contribution is 2.30. The highest BCUT2D eigenvalue weighted by Gasteiger charge is 2.12. The second-order valence-electron chi connectivity index (χ2n) is 6.56. The molecule has 7 nitrogen and oxygen atoms in total. The van der Waals surface area contributed by atoms with Crippen molar-refractivity contribution in [1.29, 1.82) is 0 Å². The zero-order chi connectivity index (χ0) is 19.6. The Kier molecular flexibility index (Phi) is 4.10. The van der Waals surface area contributed by atoms with Crippen molar-refractivity contribution < 1.29 is 4.79 Å². The summed E-state index contributed by atoms with van der Waals surface area (Å²) in [6, 6.07) is 22.7. The molecule has 0 saturated heterocycles. The van der Waals surface area contributed by atoms with Crippen LogP contribution in [0.25, 0.3) is 33.5 Å². The number of nitrogens with zero attached hydrogens (tertiary/aromatic N) is 3. The van der Waals surface area contributed by atoms with Crippen molar-refractivity contribution in [2.45, 2.75) is 0 Å². The lowest BCUT2D eigenvalue weighted by Crippen LogP contribution is -2.11.